The molecule has 0 aromatic heterocycles. The van der Waals surface area contributed by atoms with Crippen molar-refractivity contribution in [2.75, 3.05) is 24.6 Å². The second-order valence-corrected chi connectivity index (χ2v) is 5.18. The summed E-state index contributed by atoms with van der Waals surface area (Å²) in [6.07, 6.45) is 1.02. The number of hydrogen-bond donors (Lipinski definition) is 2. The molecule has 0 spiro atoms. The molecular weight excluding hydrogens is 270 g/mol. The van der Waals surface area contributed by atoms with Gasteiger partial charge in [0.05, 0.1) is 18.8 Å². The third-order valence-corrected chi connectivity index (χ3v) is 2.91. The summed E-state index contributed by atoms with van der Waals surface area (Å²) in [5.74, 6) is -1.66. The molecule has 7 heteroatoms. The monoisotopic (exact) mass is 290 g/mol. The molecule has 0 saturated carbocycles. The van der Waals surface area contributed by atoms with Gasteiger partial charge >= 0.3 is 0 Å². The number of carbonyl (C=O) groups excluding carboxylic acids is 1. The Balaban J connectivity index is 0. The van der Waals surface area contributed by atoms with Gasteiger partial charge in [0.1, 0.15) is 0 Å². The van der Waals surface area contributed by atoms with Crippen LogP contribution in [0.25, 0.3) is 0 Å². The molecule has 0 fully saturated rings. The Morgan fingerprint density at radius 1 is 1.47 bits per heavy atom. The molecule has 0 rings (SSSR count). The van der Waals surface area contributed by atoms with Gasteiger partial charge in [0.25, 0.3) is 5.92 Å². The molecule has 0 aromatic carbocycles. The Morgan fingerprint density at radius 3 is 2.53 bits per heavy atom. The Kier molecular flexibility index (Phi) is 11.2. The first-order valence-corrected chi connectivity index (χ1v) is 6.45. The molecule has 1 amide bonds. The first-order valence-electron chi connectivity index (χ1n) is 5.29. The summed E-state index contributed by atoms with van der Waals surface area (Å²) in [6.45, 7) is 2.78. The lowest BCUT2D eigenvalue weighted by Crippen LogP contribution is -2.42. The molecule has 0 aromatic rings. The smallest absolute Gasteiger partial charge is 0.277 e. The number of nitrogens with one attached hydrogen (secondary N) is 1. The highest BCUT2D eigenvalue weighted by molar-refractivity contribution is 7.99. The topological polar surface area (TPSA) is 55.1 Å². The number of thioether (sulfide) groups is 1. The first kappa shape index (κ1) is 19.3. The lowest BCUT2D eigenvalue weighted by atomic mass is 10.2. The lowest BCUT2D eigenvalue weighted by Gasteiger charge is -2.14. The average Bonchev–Trinajstić information content (AvgIpc) is 2.21. The van der Waals surface area contributed by atoms with Crippen LogP contribution < -0.4 is 11.1 Å². The first-order chi connectivity index (χ1) is 7.37. The van der Waals surface area contributed by atoms with E-state index in [4.69, 9.17) is 5.73 Å². The fraction of sp³-hybridized carbons (Fsp3) is 0.900. The minimum Gasteiger partial charge on any atom is -0.349 e. The van der Waals surface area contributed by atoms with Crippen molar-refractivity contribution in [3.63, 3.8) is 0 Å². The summed E-state index contributed by atoms with van der Waals surface area (Å²) in [5, 5.41) is 2.17. The predicted molar refractivity (Wildman–Crippen MR) is 71.0 cm³/mol. The third kappa shape index (κ3) is 12.2. The summed E-state index contributed by atoms with van der Waals surface area (Å²) >= 11 is 1.46. The fourth-order valence-electron chi connectivity index (χ4n) is 0.835. The van der Waals surface area contributed by atoms with E-state index in [1.807, 2.05) is 0 Å². The number of nitrogens with two attached hydrogens (primary N) is 1. The number of hydrogen-bond acceptors (Lipinski definition) is 3. The maximum atomic E-state index is 12.7. The summed E-state index contributed by atoms with van der Waals surface area (Å²) in [7, 11) is 0. The zero-order valence-electron chi connectivity index (χ0n) is 10.2. The highest BCUT2D eigenvalue weighted by Crippen LogP contribution is 2.10. The lowest BCUT2D eigenvalue weighted by molar-refractivity contribution is -0.120. The van der Waals surface area contributed by atoms with Crippen molar-refractivity contribution in [3.8, 4) is 0 Å². The molecule has 104 valence electrons. The summed E-state index contributed by atoms with van der Waals surface area (Å²) < 4.78 is 25.3. The molecule has 0 atom stereocenters. The molecule has 0 unspecified atom stereocenters. The standard InChI is InChI=1S/C10H20F2N2OS.ClH/c1-8(2)3-4-16-5-9(15)14-7-10(11,12)6-13;/h8H,3-7,13H2,1-2H3,(H,14,15);1H. The number of amides is 1. The van der Waals surface area contributed by atoms with Crippen LogP contribution in [0.4, 0.5) is 8.78 Å². The van der Waals surface area contributed by atoms with Gasteiger partial charge in [0.2, 0.25) is 5.91 Å². The van der Waals surface area contributed by atoms with Crippen LogP contribution in [0.1, 0.15) is 20.3 Å². The van der Waals surface area contributed by atoms with Crippen molar-refractivity contribution in [2.24, 2.45) is 11.7 Å². The van der Waals surface area contributed by atoms with Gasteiger partial charge in [-0.15, -0.1) is 12.4 Å². The zero-order chi connectivity index (χ0) is 12.6. The van der Waals surface area contributed by atoms with Crippen molar-refractivity contribution in [3.05, 3.63) is 0 Å². The van der Waals surface area contributed by atoms with Gasteiger partial charge in [-0.1, -0.05) is 13.8 Å². The molecule has 0 bridgehead atoms. The van der Waals surface area contributed by atoms with E-state index in [0.29, 0.717) is 5.92 Å². The van der Waals surface area contributed by atoms with Gasteiger partial charge in [-0.3, -0.25) is 4.79 Å². The van der Waals surface area contributed by atoms with Crippen molar-refractivity contribution < 1.29 is 13.6 Å². The number of rotatable bonds is 8. The van der Waals surface area contributed by atoms with Gasteiger partial charge in [-0.05, 0) is 18.1 Å². The van der Waals surface area contributed by atoms with Crippen LogP contribution in [0, 0.1) is 5.92 Å². The van der Waals surface area contributed by atoms with Crippen molar-refractivity contribution >= 4 is 30.1 Å². The van der Waals surface area contributed by atoms with Crippen LogP contribution in [0.2, 0.25) is 0 Å². The molecule has 0 aliphatic carbocycles. The maximum absolute atomic E-state index is 12.7. The second-order valence-electron chi connectivity index (χ2n) is 4.07. The van der Waals surface area contributed by atoms with E-state index < -0.39 is 19.0 Å². The number of carbonyl (C=O) groups is 1. The highest BCUT2D eigenvalue weighted by atomic mass is 35.5. The maximum Gasteiger partial charge on any atom is 0.277 e. The molecule has 3 N–H and O–H groups in total. The molecule has 0 aliphatic heterocycles. The van der Waals surface area contributed by atoms with Gasteiger partial charge in [-0.25, -0.2) is 8.78 Å². The average molecular weight is 291 g/mol. The van der Waals surface area contributed by atoms with E-state index >= 15 is 0 Å². The number of halogens is 3. The predicted octanol–water partition coefficient (Wildman–Crippen LogP) is 1.90. The normalized spacial score (nSPS) is 11.2. The molecular formula is C10H21ClF2N2OS. The fourth-order valence-corrected chi connectivity index (χ4v) is 1.90. The third-order valence-electron chi connectivity index (χ3n) is 1.92. The summed E-state index contributed by atoms with van der Waals surface area (Å²) in [5.41, 5.74) is 4.84. The molecule has 0 radical (unpaired) electrons. The Morgan fingerprint density at radius 2 is 2.06 bits per heavy atom. The molecule has 3 nitrogen and oxygen atoms in total. The van der Waals surface area contributed by atoms with Gasteiger partial charge in [0.15, 0.2) is 0 Å². The van der Waals surface area contributed by atoms with Crippen molar-refractivity contribution in [1.29, 1.82) is 0 Å². The molecule has 0 aliphatic rings. The Hall–Kier alpha value is -0.0700. The summed E-state index contributed by atoms with van der Waals surface area (Å²) in [6, 6.07) is 0. The Labute approximate surface area is 112 Å². The van der Waals surface area contributed by atoms with E-state index in [1.54, 1.807) is 0 Å². The zero-order valence-corrected chi connectivity index (χ0v) is 11.8. The quantitative estimate of drug-likeness (QED) is 0.671. The van der Waals surface area contributed by atoms with Crippen molar-refractivity contribution in [2.45, 2.75) is 26.2 Å². The summed E-state index contributed by atoms with van der Waals surface area (Å²) in [4.78, 5) is 11.1. The highest BCUT2D eigenvalue weighted by Gasteiger charge is 2.26. The van der Waals surface area contributed by atoms with Crippen LogP contribution in [-0.2, 0) is 4.79 Å². The SMILES string of the molecule is CC(C)CCSCC(=O)NCC(F)(F)CN.Cl. The number of alkyl halides is 2. The van der Waals surface area contributed by atoms with E-state index in [9.17, 15) is 13.6 Å². The minimum atomic E-state index is -3.00. The van der Waals surface area contributed by atoms with Gasteiger partial charge < -0.3 is 11.1 Å². The minimum absolute atomic E-state index is 0. The molecule has 17 heavy (non-hydrogen) atoms. The molecule has 0 saturated heterocycles. The van der Waals surface area contributed by atoms with Crippen LogP contribution in [0.15, 0.2) is 0 Å². The van der Waals surface area contributed by atoms with Crippen LogP contribution in [0.5, 0.6) is 0 Å². The van der Waals surface area contributed by atoms with E-state index in [2.05, 4.69) is 19.2 Å². The van der Waals surface area contributed by atoms with Crippen LogP contribution in [0.3, 0.4) is 0 Å². The molecule has 0 heterocycles. The van der Waals surface area contributed by atoms with E-state index in [0.717, 1.165) is 12.2 Å². The van der Waals surface area contributed by atoms with Crippen LogP contribution >= 0.6 is 24.2 Å². The van der Waals surface area contributed by atoms with E-state index in [1.165, 1.54) is 11.8 Å². The second kappa shape index (κ2) is 9.91. The van der Waals surface area contributed by atoms with Gasteiger partial charge in [-0.2, -0.15) is 11.8 Å². The van der Waals surface area contributed by atoms with Gasteiger partial charge in [0, 0.05) is 0 Å². The van der Waals surface area contributed by atoms with Crippen molar-refractivity contribution in [1.82, 2.24) is 5.32 Å². The van der Waals surface area contributed by atoms with E-state index in [-0.39, 0.29) is 24.1 Å². The Bertz CT molecular complexity index is 218. The van der Waals surface area contributed by atoms with Crippen LogP contribution in [-0.4, -0.2) is 36.4 Å². The largest absolute Gasteiger partial charge is 0.349 e.